The van der Waals surface area contributed by atoms with E-state index in [2.05, 4.69) is 0 Å². The second-order valence-corrected chi connectivity index (χ2v) is 3.81. The van der Waals surface area contributed by atoms with E-state index < -0.39 is 0 Å². The van der Waals surface area contributed by atoms with E-state index >= 15 is 0 Å². The SMILES string of the molecule is COc1cccc(C=O)c1Cc1ccccc1. The summed E-state index contributed by atoms with van der Waals surface area (Å²) in [6.45, 7) is 0. The summed E-state index contributed by atoms with van der Waals surface area (Å²) in [6, 6.07) is 15.6. The topological polar surface area (TPSA) is 26.3 Å². The van der Waals surface area contributed by atoms with Crippen LogP contribution in [0.1, 0.15) is 21.5 Å². The van der Waals surface area contributed by atoms with Gasteiger partial charge in [-0.25, -0.2) is 0 Å². The Hall–Kier alpha value is -2.09. The lowest BCUT2D eigenvalue weighted by Crippen LogP contribution is -1.98. The minimum absolute atomic E-state index is 0.688. The number of hydrogen-bond acceptors (Lipinski definition) is 2. The van der Waals surface area contributed by atoms with Gasteiger partial charge in [-0.15, -0.1) is 0 Å². The van der Waals surface area contributed by atoms with Crippen LogP contribution in [0.15, 0.2) is 48.5 Å². The molecule has 2 rings (SSSR count). The van der Waals surface area contributed by atoms with Gasteiger partial charge < -0.3 is 4.74 Å². The Balaban J connectivity index is 2.40. The van der Waals surface area contributed by atoms with Crippen LogP contribution < -0.4 is 4.74 Å². The number of carbonyl (C=O) groups excluding carboxylic acids is 1. The molecule has 0 aromatic heterocycles. The van der Waals surface area contributed by atoms with Gasteiger partial charge in [0.1, 0.15) is 12.0 Å². The zero-order valence-corrected chi connectivity index (χ0v) is 9.72. The summed E-state index contributed by atoms with van der Waals surface area (Å²) in [6.07, 6.45) is 1.58. The van der Waals surface area contributed by atoms with E-state index in [1.807, 2.05) is 48.5 Å². The first-order chi connectivity index (χ1) is 8.35. The molecule has 0 spiro atoms. The van der Waals surface area contributed by atoms with E-state index in [0.29, 0.717) is 12.0 Å². The largest absolute Gasteiger partial charge is 0.496 e. The van der Waals surface area contributed by atoms with Crippen molar-refractivity contribution in [2.24, 2.45) is 0 Å². The van der Waals surface area contributed by atoms with Crippen molar-refractivity contribution in [1.29, 1.82) is 0 Å². The second kappa shape index (κ2) is 5.30. The highest BCUT2D eigenvalue weighted by atomic mass is 16.5. The fourth-order valence-electron chi connectivity index (χ4n) is 1.87. The van der Waals surface area contributed by atoms with Gasteiger partial charge in [0.05, 0.1) is 7.11 Å². The molecule has 2 aromatic rings. The van der Waals surface area contributed by atoms with Crippen LogP contribution in [0.5, 0.6) is 5.75 Å². The Kier molecular flexibility index (Phi) is 3.55. The Morgan fingerprint density at radius 2 is 1.82 bits per heavy atom. The van der Waals surface area contributed by atoms with Crippen molar-refractivity contribution in [2.45, 2.75) is 6.42 Å². The van der Waals surface area contributed by atoms with Gasteiger partial charge in [0, 0.05) is 17.5 Å². The van der Waals surface area contributed by atoms with Gasteiger partial charge in [0.25, 0.3) is 0 Å². The fourth-order valence-corrected chi connectivity index (χ4v) is 1.87. The van der Waals surface area contributed by atoms with Crippen LogP contribution in [0.3, 0.4) is 0 Å². The number of aldehydes is 1. The normalized spacial score (nSPS) is 9.94. The molecule has 0 N–H and O–H groups in total. The molecule has 0 saturated carbocycles. The monoisotopic (exact) mass is 226 g/mol. The lowest BCUT2D eigenvalue weighted by atomic mass is 9.99. The van der Waals surface area contributed by atoms with Crippen molar-refractivity contribution in [3.05, 3.63) is 65.2 Å². The number of hydrogen-bond donors (Lipinski definition) is 0. The number of ether oxygens (including phenoxy) is 1. The van der Waals surface area contributed by atoms with Crippen LogP contribution in [-0.4, -0.2) is 13.4 Å². The Labute approximate surface area is 101 Å². The smallest absolute Gasteiger partial charge is 0.150 e. The fraction of sp³-hybridized carbons (Fsp3) is 0.133. The first-order valence-corrected chi connectivity index (χ1v) is 5.50. The van der Waals surface area contributed by atoms with Gasteiger partial charge >= 0.3 is 0 Å². The van der Waals surface area contributed by atoms with Crippen molar-refractivity contribution >= 4 is 6.29 Å². The van der Waals surface area contributed by atoms with Crippen molar-refractivity contribution in [1.82, 2.24) is 0 Å². The van der Waals surface area contributed by atoms with Crippen molar-refractivity contribution in [3.8, 4) is 5.75 Å². The maximum absolute atomic E-state index is 11.0. The standard InChI is InChI=1S/C15H14O2/c1-17-15-9-5-8-13(11-16)14(15)10-12-6-3-2-4-7-12/h2-9,11H,10H2,1H3. The Morgan fingerprint density at radius 3 is 2.47 bits per heavy atom. The maximum Gasteiger partial charge on any atom is 0.150 e. The third-order valence-corrected chi connectivity index (χ3v) is 2.74. The molecule has 0 saturated heterocycles. The summed E-state index contributed by atoms with van der Waals surface area (Å²) in [7, 11) is 1.62. The average molecular weight is 226 g/mol. The molecule has 2 heteroatoms. The number of benzene rings is 2. The highest BCUT2D eigenvalue weighted by Gasteiger charge is 2.08. The zero-order chi connectivity index (χ0) is 12.1. The highest BCUT2D eigenvalue weighted by molar-refractivity contribution is 5.79. The minimum atomic E-state index is 0.688. The van der Waals surface area contributed by atoms with Gasteiger partial charge in [0.15, 0.2) is 0 Å². The maximum atomic E-state index is 11.0. The predicted molar refractivity (Wildman–Crippen MR) is 67.6 cm³/mol. The predicted octanol–water partition coefficient (Wildman–Crippen LogP) is 3.10. The number of carbonyl (C=O) groups is 1. The summed E-state index contributed by atoms with van der Waals surface area (Å²) in [4.78, 5) is 11.0. The molecule has 0 amide bonds. The van der Waals surface area contributed by atoms with Gasteiger partial charge in [-0.05, 0) is 11.6 Å². The summed E-state index contributed by atoms with van der Waals surface area (Å²) in [5.41, 5.74) is 2.80. The summed E-state index contributed by atoms with van der Waals surface area (Å²) in [5.74, 6) is 0.762. The first-order valence-electron chi connectivity index (χ1n) is 5.50. The van der Waals surface area contributed by atoms with Gasteiger partial charge in [-0.1, -0.05) is 42.5 Å². The van der Waals surface area contributed by atoms with Crippen molar-refractivity contribution in [2.75, 3.05) is 7.11 Å². The third-order valence-electron chi connectivity index (χ3n) is 2.74. The van der Waals surface area contributed by atoms with E-state index in [4.69, 9.17) is 4.74 Å². The Morgan fingerprint density at radius 1 is 1.06 bits per heavy atom. The molecular weight excluding hydrogens is 212 g/mol. The van der Waals surface area contributed by atoms with E-state index in [9.17, 15) is 4.79 Å². The first kappa shape index (κ1) is 11.4. The molecule has 2 nitrogen and oxygen atoms in total. The molecule has 0 atom stereocenters. The van der Waals surface area contributed by atoms with Crippen LogP contribution in [0.4, 0.5) is 0 Å². The second-order valence-electron chi connectivity index (χ2n) is 3.81. The molecule has 0 radical (unpaired) electrons. The quantitative estimate of drug-likeness (QED) is 0.749. The van der Waals surface area contributed by atoms with E-state index in [1.54, 1.807) is 7.11 Å². The van der Waals surface area contributed by atoms with E-state index in [-0.39, 0.29) is 0 Å². The average Bonchev–Trinajstić information content (AvgIpc) is 2.40. The highest BCUT2D eigenvalue weighted by Crippen LogP contribution is 2.24. The molecule has 0 unspecified atom stereocenters. The Bertz CT molecular complexity index is 504. The van der Waals surface area contributed by atoms with Crippen LogP contribution in [0.25, 0.3) is 0 Å². The summed E-state index contributed by atoms with van der Waals surface area (Å²) in [5, 5.41) is 0. The van der Waals surface area contributed by atoms with Gasteiger partial charge in [0.2, 0.25) is 0 Å². The molecule has 0 fully saturated rings. The molecular formula is C15H14O2. The minimum Gasteiger partial charge on any atom is -0.496 e. The summed E-state index contributed by atoms with van der Waals surface area (Å²) < 4.78 is 5.30. The molecule has 17 heavy (non-hydrogen) atoms. The van der Waals surface area contributed by atoms with E-state index in [0.717, 1.165) is 17.6 Å². The van der Waals surface area contributed by atoms with Gasteiger partial charge in [-0.2, -0.15) is 0 Å². The van der Waals surface area contributed by atoms with Crippen LogP contribution in [-0.2, 0) is 6.42 Å². The zero-order valence-electron chi connectivity index (χ0n) is 9.72. The number of methoxy groups -OCH3 is 1. The lowest BCUT2D eigenvalue weighted by molar-refractivity contribution is 0.112. The van der Waals surface area contributed by atoms with Gasteiger partial charge in [-0.3, -0.25) is 4.79 Å². The van der Waals surface area contributed by atoms with E-state index in [1.165, 1.54) is 5.56 Å². The molecule has 86 valence electrons. The van der Waals surface area contributed by atoms with Crippen molar-refractivity contribution < 1.29 is 9.53 Å². The lowest BCUT2D eigenvalue weighted by Gasteiger charge is -2.10. The molecule has 0 aliphatic carbocycles. The van der Waals surface area contributed by atoms with Crippen molar-refractivity contribution in [3.63, 3.8) is 0 Å². The molecule has 0 aliphatic heterocycles. The molecule has 0 bridgehead atoms. The number of rotatable bonds is 4. The molecule has 0 aliphatic rings. The van der Waals surface area contributed by atoms with Crippen LogP contribution >= 0.6 is 0 Å². The third kappa shape index (κ3) is 2.53. The van der Waals surface area contributed by atoms with Crippen LogP contribution in [0, 0.1) is 0 Å². The van der Waals surface area contributed by atoms with Crippen LogP contribution in [0.2, 0.25) is 0 Å². The summed E-state index contributed by atoms with van der Waals surface area (Å²) >= 11 is 0. The molecule has 2 aromatic carbocycles. The molecule has 0 heterocycles.